The number of nitriles is 1. The van der Waals surface area contributed by atoms with Crippen LogP contribution >= 0.6 is 0 Å². The van der Waals surface area contributed by atoms with Crippen molar-refractivity contribution in [3.8, 4) is 6.07 Å². The van der Waals surface area contributed by atoms with Gasteiger partial charge in [0.2, 0.25) is 0 Å². The summed E-state index contributed by atoms with van der Waals surface area (Å²) >= 11 is 0. The van der Waals surface area contributed by atoms with Crippen molar-refractivity contribution < 1.29 is 13.2 Å². The predicted molar refractivity (Wildman–Crippen MR) is 165 cm³/mol. The Balaban J connectivity index is 1.52. The number of hydrogen-bond acceptors (Lipinski definition) is 5. The van der Waals surface area contributed by atoms with Gasteiger partial charge in [-0.1, -0.05) is 51.1 Å². The number of fused-ring (bicyclic) bond motifs is 10. The standard InChI is InChI=1S/C35H46F3N5/c1-22-9-6-7-16-42-17-12-27(13-18-42)35(37,38)30-11-8-10-28(32(30)36)24(3)41-25(4)29-20-31(34(21-39)14-15-34)26(5)43(33(29)40)23(2)19-22/h8,10-11,20,22-24,27,41H,4-7,9,12-19,40H2,1-3H3/t22?,23?,24-/m1/s1. The molecule has 3 N–H and O–H groups in total. The van der Waals surface area contributed by atoms with Gasteiger partial charge in [0.05, 0.1) is 23.1 Å². The Morgan fingerprint density at radius 3 is 2.40 bits per heavy atom. The molecule has 1 saturated carbocycles. The van der Waals surface area contributed by atoms with E-state index in [0.717, 1.165) is 56.3 Å². The van der Waals surface area contributed by atoms with E-state index in [1.54, 1.807) is 13.0 Å². The molecule has 0 amide bonds. The van der Waals surface area contributed by atoms with Gasteiger partial charge in [-0.05, 0) is 89.6 Å². The smallest absolute Gasteiger partial charge is 0.278 e. The fraction of sp³-hybridized carbons (Fsp3) is 0.571. The summed E-state index contributed by atoms with van der Waals surface area (Å²) in [6, 6.07) is 6.15. The van der Waals surface area contributed by atoms with Gasteiger partial charge in [0, 0.05) is 34.5 Å². The highest BCUT2D eigenvalue weighted by atomic mass is 19.3. The van der Waals surface area contributed by atoms with E-state index in [0.29, 0.717) is 48.9 Å². The van der Waals surface area contributed by atoms with Crippen molar-refractivity contribution in [2.24, 2.45) is 23.0 Å². The van der Waals surface area contributed by atoms with Crippen molar-refractivity contribution in [3.63, 3.8) is 0 Å². The van der Waals surface area contributed by atoms with Crippen LogP contribution in [0.3, 0.4) is 0 Å². The molecule has 3 atom stereocenters. The van der Waals surface area contributed by atoms with E-state index in [2.05, 4.69) is 43.3 Å². The average Bonchev–Trinajstić information content (AvgIpc) is 3.76. The van der Waals surface area contributed by atoms with Crippen molar-refractivity contribution in [2.75, 3.05) is 19.6 Å². The number of nitrogens with two attached hydrogens (primary N) is 1. The zero-order valence-electron chi connectivity index (χ0n) is 25.9. The zero-order chi connectivity index (χ0) is 31.1. The number of nitrogens with one attached hydrogen (secondary N) is 1. The largest absolute Gasteiger partial charge is 0.385 e. The third-order valence-corrected chi connectivity index (χ3v) is 10.2. The number of nitrogens with zero attached hydrogens (tertiary/aromatic N) is 3. The lowest BCUT2D eigenvalue weighted by molar-refractivity contribution is -0.0880. The minimum absolute atomic E-state index is 0.0328. The van der Waals surface area contributed by atoms with Crippen LogP contribution in [0, 0.1) is 34.4 Å². The molecule has 5 nitrogen and oxygen atoms in total. The maximum Gasteiger partial charge on any atom is 0.278 e. The van der Waals surface area contributed by atoms with E-state index in [1.165, 1.54) is 12.1 Å². The fourth-order valence-corrected chi connectivity index (χ4v) is 7.36. The van der Waals surface area contributed by atoms with Gasteiger partial charge in [-0.15, -0.1) is 0 Å². The lowest BCUT2D eigenvalue weighted by atomic mass is 9.85. The fourth-order valence-electron chi connectivity index (χ4n) is 7.36. The highest BCUT2D eigenvalue weighted by Crippen LogP contribution is 2.56. The maximum absolute atomic E-state index is 15.9. The minimum Gasteiger partial charge on any atom is -0.385 e. The monoisotopic (exact) mass is 593 g/mol. The molecule has 2 unspecified atom stereocenters. The molecule has 4 heterocycles. The molecule has 2 fully saturated rings. The van der Waals surface area contributed by atoms with Gasteiger partial charge in [-0.25, -0.2) is 13.2 Å². The second-order valence-corrected chi connectivity index (χ2v) is 13.3. The van der Waals surface area contributed by atoms with Gasteiger partial charge in [0.25, 0.3) is 5.92 Å². The maximum atomic E-state index is 15.9. The number of alkyl halides is 2. The number of piperidine rings is 1. The van der Waals surface area contributed by atoms with E-state index >= 15 is 13.2 Å². The molecule has 6 bridgehead atoms. The Morgan fingerprint density at radius 2 is 1.74 bits per heavy atom. The molecule has 43 heavy (non-hydrogen) atoms. The first-order chi connectivity index (χ1) is 20.4. The summed E-state index contributed by atoms with van der Waals surface area (Å²) in [5, 5.41) is 13.3. The lowest BCUT2D eigenvalue weighted by Crippen LogP contribution is -2.41. The number of allylic oxidation sites excluding steroid dienone is 2. The second-order valence-electron chi connectivity index (χ2n) is 13.3. The van der Waals surface area contributed by atoms with Crippen molar-refractivity contribution in [3.05, 3.63) is 82.7 Å². The molecule has 0 spiro atoms. The van der Waals surface area contributed by atoms with Gasteiger partial charge in [-0.2, -0.15) is 5.26 Å². The highest BCUT2D eigenvalue weighted by molar-refractivity contribution is 5.56. The van der Waals surface area contributed by atoms with Gasteiger partial charge in [-0.3, -0.25) is 0 Å². The van der Waals surface area contributed by atoms with Crippen LogP contribution in [0.15, 0.2) is 65.8 Å². The summed E-state index contributed by atoms with van der Waals surface area (Å²) in [6.45, 7) is 16.9. The predicted octanol–water partition coefficient (Wildman–Crippen LogP) is 7.62. The molecule has 1 aromatic carbocycles. The topological polar surface area (TPSA) is 68.3 Å². The summed E-state index contributed by atoms with van der Waals surface area (Å²) in [7, 11) is 0. The zero-order valence-corrected chi connectivity index (χ0v) is 25.9. The molecular formula is C35H46F3N5. The molecule has 8 heteroatoms. The molecule has 1 saturated heterocycles. The summed E-state index contributed by atoms with van der Waals surface area (Å²) < 4.78 is 47.5. The molecule has 4 aliphatic heterocycles. The Hall–Kier alpha value is -3.18. The van der Waals surface area contributed by atoms with Crippen LogP contribution in [0.25, 0.3) is 0 Å². The first kappa shape index (κ1) is 31.3. The molecule has 1 aromatic rings. The van der Waals surface area contributed by atoms with Crippen LogP contribution in [-0.2, 0) is 5.92 Å². The van der Waals surface area contributed by atoms with Crippen LogP contribution in [0.1, 0.15) is 89.3 Å². The molecule has 1 aliphatic carbocycles. The summed E-state index contributed by atoms with van der Waals surface area (Å²) in [4.78, 5) is 4.30. The Labute approximate surface area is 255 Å². The normalized spacial score (nSPS) is 31.4. The number of hydrogen-bond donors (Lipinski definition) is 2. The van der Waals surface area contributed by atoms with Crippen molar-refractivity contribution in [2.45, 2.75) is 90.1 Å². The summed E-state index contributed by atoms with van der Waals surface area (Å²) in [5.74, 6) is -4.13. The molecule has 5 aliphatic rings. The van der Waals surface area contributed by atoms with E-state index in [4.69, 9.17) is 5.73 Å². The molecule has 0 aromatic heterocycles. The summed E-state index contributed by atoms with van der Waals surface area (Å²) in [6.07, 6.45) is 8.12. The molecular weight excluding hydrogens is 547 g/mol. The third-order valence-electron chi connectivity index (χ3n) is 10.2. The average molecular weight is 594 g/mol. The van der Waals surface area contributed by atoms with Crippen LogP contribution in [0.5, 0.6) is 0 Å². The highest BCUT2D eigenvalue weighted by Gasteiger charge is 2.50. The first-order valence-electron chi connectivity index (χ1n) is 15.9. The van der Waals surface area contributed by atoms with E-state index in [9.17, 15) is 5.26 Å². The number of rotatable bonds is 1. The van der Waals surface area contributed by atoms with Crippen molar-refractivity contribution >= 4 is 0 Å². The number of halogens is 3. The first-order valence-corrected chi connectivity index (χ1v) is 15.9. The van der Waals surface area contributed by atoms with E-state index < -0.39 is 34.7 Å². The lowest BCUT2D eigenvalue weighted by Gasteiger charge is -2.40. The second kappa shape index (κ2) is 12.1. The quantitative estimate of drug-likeness (QED) is 0.351. The van der Waals surface area contributed by atoms with Crippen LogP contribution < -0.4 is 11.1 Å². The molecule has 6 rings (SSSR count). The van der Waals surface area contributed by atoms with Gasteiger partial charge in [0.15, 0.2) is 0 Å². The Kier molecular flexibility index (Phi) is 8.77. The van der Waals surface area contributed by atoms with Crippen molar-refractivity contribution in [1.29, 1.82) is 5.26 Å². The molecule has 0 radical (unpaired) electrons. The van der Waals surface area contributed by atoms with Crippen molar-refractivity contribution in [1.82, 2.24) is 15.1 Å². The van der Waals surface area contributed by atoms with Gasteiger partial charge < -0.3 is 20.9 Å². The van der Waals surface area contributed by atoms with E-state index in [1.807, 2.05) is 11.0 Å². The Bertz CT molecular complexity index is 1360. The number of benzene rings is 1. The van der Waals surface area contributed by atoms with Crippen LogP contribution in [-0.4, -0.2) is 35.5 Å². The summed E-state index contributed by atoms with van der Waals surface area (Å²) in [5.41, 5.74) is 8.48. The SMILES string of the molecule is C=C1N[C@H](C)c2cccc(c2F)C(F)(F)C2CCN(CCCCC(C)CC(C)N3C(=C)C(C4(C#N)CC4)=CC1=C3N)CC2. The Morgan fingerprint density at radius 1 is 1.05 bits per heavy atom. The van der Waals surface area contributed by atoms with Crippen LogP contribution in [0.4, 0.5) is 13.2 Å². The van der Waals surface area contributed by atoms with E-state index in [-0.39, 0.29) is 11.6 Å². The van der Waals surface area contributed by atoms with Crippen LogP contribution in [0.2, 0.25) is 0 Å². The third kappa shape index (κ3) is 5.98. The van der Waals surface area contributed by atoms with Gasteiger partial charge >= 0.3 is 0 Å². The minimum atomic E-state index is -3.27. The van der Waals surface area contributed by atoms with Gasteiger partial charge in [0.1, 0.15) is 11.6 Å². The molecule has 232 valence electrons.